The number of aryl methyl sites for hydroxylation is 2. The number of ketones is 1. The molecule has 3 rings (SSSR count). The molecule has 2 heterocycles. The molecule has 2 aromatic heterocycles. The maximum absolute atomic E-state index is 12.4. The Hall–Kier alpha value is -2.29. The molecule has 3 nitrogen and oxygen atoms in total. The second-order valence-electron chi connectivity index (χ2n) is 4.51. The molecule has 0 aliphatic heterocycles. The topological polar surface area (TPSA) is 46.0 Å². The molecule has 0 fully saturated rings. The zero-order valence-corrected chi connectivity index (χ0v) is 10.3. The molecule has 0 bridgehead atoms. The quantitative estimate of drug-likeness (QED) is 0.694. The number of carbonyl (C=O) groups excluding carboxylic acids is 1. The molecular formula is C15H13NO2. The van der Waals surface area contributed by atoms with Crippen LogP contribution in [0.1, 0.15) is 27.2 Å². The Labute approximate surface area is 104 Å². The van der Waals surface area contributed by atoms with Crippen molar-refractivity contribution >= 4 is 16.7 Å². The van der Waals surface area contributed by atoms with Crippen LogP contribution in [0.15, 0.2) is 41.1 Å². The average Bonchev–Trinajstić information content (AvgIpc) is 2.94. The van der Waals surface area contributed by atoms with Crippen LogP contribution in [0.25, 0.3) is 10.9 Å². The number of hydrogen-bond donors (Lipinski definition) is 1. The van der Waals surface area contributed by atoms with E-state index in [4.69, 9.17) is 4.42 Å². The van der Waals surface area contributed by atoms with Crippen LogP contribution in [-0.2, 0) is 0 Å². The first-order valence-electron chi connectivity index (χ1n) is 5.83. The van der Waals surface area contributed by atoms with Gasteiger partial charge in [0.25, 0.3) is 0 Å². The highest BCUT2D eigenvalue weighted by molar-refractivity contribution is 6.15. The summed E-state index contributed by atoms with van der Waals surface area (Å²) < 4.78 is 5.26. The van der Waals surface area contributed by atoms with Gasteiger partial charge in [0.05, 0.1) is 11.8 Å². The first-order valence-corrected chi connectivity index (χ1v) is 5.83. The second kappa shape index (κ2) is 3.88. The molecule has 0 atom stereocenters. The van der Waals surface area contributed by atoms with Gasteiger partial charge in [0.15, 0.2) is 5.76 Å². The minimum absolute atomic E-state index is 0.0763. The molecule has 0 unspecified atom stereocenters. The van der Waals surface area contributed by atoms with Crippen LogP contribution in [-0.4, -0.2) is 10.8 Å². The largest absolute Gasteiger partial charge is 0.461 e. The summed E-state index contributed by atoms with van der Waals surface area (Å²) in [6, 6.07) is 7.79. The molecule has 0 saturated carbocycles. The van der Waals surface area contributed by atoms with Gasteiger partial charge in [-0.15, -0.1) is 0 Å². The molecule has 0 saturated heterocycles. The summed E-state index contributed by atoms with van der Waals surface area (Å²) in [5.41, 5.74) is 3.66. The van der Waals surface area contributed by atoms with E-state index in [1.54, 1.807) is 18.5 Å². The van der Waals surface area contributed by atoms with Crippen molar-refractivity contribution in [3.8, 4) is 0 Å². The zero-order chi connectivity index (χ0) is 12.7. The minimum Gasteiger partial charge on any atom is -0.461 e. The van der Waals surface area contributed by atoms with Crippen LogP contribution in [0.2, 0.25) is 0 Å². The van der Waals surface area contributed by atoms with Gasteiger partial charge < -0.3 is 9.40 Å². The summed E-state index contributed by atoms with van der Waals surface area (Å²) in [5.74, 6) is 0.337. The van der Waals surface area contributed by atoms with Crippen molar-refractivity contribution in [1.82, 2.24) is 4.98 Å². The van der Waals surface area contributed by atoms with E-state index in [1.807, 2.05) is 32.0 Å². The van der Waals surface area contributed by atoms with Crippen molar-refractivity contribution in [2.45, 2.75) is 13.8 Å². The normalized spacial score (nSPS) is 11.0. The molecule has 90 valence electrons. The monoisotopic (exact) mass is 239 g/mol. The summed E-state index contributed by atoms with van der Waals surface area (Å²) in [6.45, 7) is 3.90. The van der Waals surface area contributed by atoms with E-state index < -0.39 is 0 Å². The van der Waals surface area contributed by atoms with Crippen molar-refractivity contribution in [2.75, 3.05) is 0 Å². The number of benzene rings is 1. The van der Waals surface area contributed by atoms with E-state index in [9.17, 15) is 4.79 Å². The molecular weight excluding hydrogens is 226 g/mol. The summed E-state index contributed by atoms with van der Waals surface area (Å²) in [7, 11) is 0. The molecule has 1 N–H and O–H groups in total. The van der Waals surface area contributed by atoms with Gasteiger partial charge in [0, 0.05) is 17.1 Å². The number of rotatable bonds is 2. The zero-order valence-electron chi connectivity index (χ0n) is 10.3. The van der Waals surface area contributed by atoms with Crippen LogP contribution < -0.4 is 0 Å². The lowest BCUT2D eigenvalue weighted by atomic mass is 10.0. The molecule has 0 aliphatic carbocycles. The molecule has 0 spiro atoms. The lowest BCUT2D eigenvalue weighted by Gasteiger charge is -1.98. The highest BCUT2D eigenvalue weighted by Crippen LogP contribution is 2.23. The van der Waals surface area contributed by atoms with Gasteiger partial charge in [-0.2, -0.15) is 0 Å². The number of aromatic amines is 1. The van der Waals surface area contributed by atoms with Crippen LogP contribution in [0.4, 0.5) is 0 Å². The van der Waals surface area contributed by atoms with Gasteiger partial charge in [-0.3, -0.25) is 4.79 Å². The van der Waals surface area contributed by atoms with E-state index in [1.165, 1.54) is 0 Å². The summed E-state index contributed by atoms with van der Waals surface area (Å²) >= 11 is 0. The number of H-pyrrole nitrogens is 1. The number of nitrogens with one attached hydrogen (secondary N) is 1. The number of fused-ring (bicyclic) bond motifs is 1. The third-order valence-corrected chi connectivity index (χ3v) is 3.15. The molecule has 0 radical (unpaired) electrons. The lowest BCUT2D eigenvalue weighted by molar-refractivity contribution is 0.101. The molecule has 3 aromatic rings. The Morgan fingerprint density at radius 2 is 2.06 bits per heavy atom. The summed E-state index contributed by atoms with van der Waals surface area (Å²) in [5, 5.41) is 0.932. The Kier molecular flexibility index (Phi) is 2.33. The van der Waals surface area contributed by atoms with Gasteiger partial charge in [-0.1, -0.05) is 12.1 Å². The minimum atomic E-state index is -0.0763. The third kappa shape index (κ3) is 1.56. The Bertz CT molecular complexity index is 734. The van der Waals surface area contributed by atoms with Crippen molar-refractivity contribution in [3.63, 3.8) is 0 Å². The molecule has 0 aliphatic rings. The predicted octanol–water partition coefficient (Wildman–Crippen LogP) is 3.61. The van der Waals surface area contributed by atoms with E-state index in [-0.39, 0.29) is 5.78 Å². The van der Waals surface area contributed by atoms with Gasteiger partial charge in [0.1, 0.15) is 0 Å². The molecule has 3 heteroatoms. The summed E-state index contributed by atoms with van der Waals surface area (Å²) in [4.78, 5) is 15.5. The predicted molar refractivity (Wildman–Crippen MR) is 69.9 cm³/mol. The van der Waals surface area contributed by atoms with Gasteiger partial charge in [-0.25, -0.2) is 0 Å². The number of aromatic nitrogens is 1. The fourth-order valence-electron chi connectivity index (χ4n) is 2.16. The SMILES string of the molecule is Cc1ccc2c(C(=O)c3occc3C)c[nH]c2c1. The second-order valence-corrected chi connectivity index (χ2v) is 4.51. The first-order chi connectivity index (χ1) is 8.66. The Morgan fingerprint density at radius 3 is 2.78 bits per heavy atom. The van der Waals surface area contributed by atoms with Crippen molar-refractivity contribution < 1.29 is 9.21 Å². The van der Waals surface area contributed by atoms with Gasteiger partial charge in [0.2, 0.25) is 5.78 Å². The highest BCUT2D eigenvalue weighted by Gasteiger charge is 2.18. The van der Waals surface area contributed by atoms with E-state index in [0.29, 0.717) is 11.3 Å². The highest BCUT2D eigenvalue weighted by atomic mass is 16.3. The van der Waals surface area contributed by atoms with E-state index in [0.717, 1.165) is 22.0 Å². The van der Waals surface area contributed by atoms with Crippen LogP contribution in [0.5, 0.6) is 0 Å². The molecule has 18 heavy (non-hydrogen) atoms. The van der Waals surface area contributed by atoms with Crippen LogP contribution >= 0.6 is 0 Å². The van der Waals surface area contributed by atoms with Gasteiger partial charge in [-0.05, 0) is 37.1 Å². The van der Waals surface area contributed by atoms with E-state index in [2.05, 4.69) is 4.98 Å². The Morgan fingerprint density at radius 1 is 1.22 bits per heavy atom. The van der Waals surface area contributed by atoms with Crippen molar-refractivity contribution in [1.29, 1.82) is 0 Å². The van der Waals surface area contributed by atoms with E-state index >= 15 is 0 Å². The number of hydrogen-bond acceptors (Lipinski definition) is 2. The van der Waals surface area contributed by atoms with Crippen molar-refractivity contribution in [3.05, 3.63) is 59.2 Å². The van der Waals surface area contributed by atoms with Crippen molar-refractivity contribution in [2.24, 2.45) is 0 Å². The fraction of sp³-hybridized carbons (Fsp3) is 0.133. The summed E-state index contributed by atoms with van der Waals surface area (Å²) in [6.07, 6.45) is 3.29. The smallest absolute Gasteiger partial charge is 0.230 e. The van der Waals surface area contributed by atoms with Gasteiger partial charge >= 0.3 is 0 Å². The Balaban J connectivity index is 2.16. The fourth-order valence-corrected chi connectivity index (χ4v) is 2.16. The lowest BCUT2D eigenvalue weighted by Crippen LogP contribution is -2.00. The maximum Gasteiger partial charge on any atom is 0.230 e. The molecule has 1 aromatic carbocycles. The third-order valence-electron chi connectivity index (χ3n) is 3.15. The standard InChI is InChI=1S/C15H13NO2/c1-9-3-4-11-12(8-16-13(11)7-9)14(17)15-10(2)5-6-18-15/h3-8,16H,1-2H3. The number of carbonyl (C=O) groups is 1. The van der Waals surface area contributed by atoms with Crippen LogP contribution in [0, 0.1) is 13.8 Å². The molecule has 0 amide bonds. The first kappa shape index (κ1) is 10.8. The van der Waals surface area contributed by atoms with Crippen LogP contribution in [0.3, 0.4) is 0 Å². The average molecular weight is 239 g/mol. The maximum atomic E-state index is 12.4. The number of furan rings is 1.